The molecular weight excluding hydrogens is 238 g/mol. The summed E-state index contributed by atoms with van der Waals surface area (Å²) >= 11 is 0. The molecular formula is C14H17N5. The highest BCUT2D eigenvalue weighted by Gasteiger charge is 2.12. The minimum Gasteiger partial charge on any atom is -0.320 e. The fourth-order valence-electron chi connectivity index (χ4n) is 2.32. The number of para-hydroxylation sites is 2. The molecule has 0 spiro atoms. The number of imidazole rings is 1. The van der Waals surface area contributed by atoms with Gasteiger partial charge in [0.1, 0.15) is 18.0 Å². The van der Waals surface area contributed by atoms with Gasteiger partial charge >= 0.3 is 0 Å². The van der Waals surface area contributed by atoms with Crippen molar-refractivity contribution in [2.24, 2.45) is 7.05 Å². The van der Waals surface area contributed by atoms with Gasteiger partial charge in [0.15, 0.2) is 0 Å². The Bertz CT molecular complexity index is 695. The quantitative estimate of drug-likeness (QED) is 0.718. The van der Waals surface area contributed by atoms with Crippen molar-refractivity contribution in [3.63, 3.8) is 0 Å². The zero-order valence-corrected chi connectivity index (χ0v) is 11.2. The molecule has 0 aliphatic heterocycles. The molecule has 0 atom stereocenters. The summed E-state index contributed by atoms with van der Waals surface area (Å²) in [4.78, 5) is 9.02. The van der Waals surface area contributed by atoms with Crippen LogP contribution in [0.2, 0.25) is 0 Å². The summed E-state index contributed by atoms with van der Waals surface area (Å²) in [7, 11) is 1.92. The number of hydrogen-bond acceptors (Lipinski definition) is 3. The largest absolute Gasteiger partial charge is 0.320 e. The molecule has 0 N–H and O–H groups in total. The molecule has 98 valence electrons. The number of rotatable bonds is 4. The molecule has 0 saturated carbocycles. The first kappa shape index (κ1) is 11.9. The predicted octanol–water partition coefficient (Wildman–Crippen LogP) is 2.17. The van der Waals surface area contributed by atoms with E-state index in [1.165, 1.54) is 0 Å². The molecule has 0 unspecified atom stereocenters. The second-order valence-electron chi connectivity index (χ2n) is 4.65. The third kappa shape index (κ3) is 2.12. The van der Waals surface area contributed by atoms with Crippen LogP contribution >= 0.6 is 0 Å². The summed E-state index contributed by atoms with van der Waals surface area (Å²) in [5.74, 6) is 2.06. The smallest absolute Gasteiger partial charge is 0.146 e. The minimum absolute atomic E-state index is 0.715. The van der Waals surface area contributed by atoms with Gasteiger partial charge in [0.25, 0.3) is 0 Å². The van der Waals surface area contributed by atoms with E-state index in [1.54, 1.807) is 6.33 Å². The first-order chi connectivity index (χ1) is 9.29. The zero-order valence-electron chi connectivity index (χ0n) is 11.2. The standard InChI is InChI=1S/C14H17N5/c1-3-6-13-17-11-7-4-5-8-12(11)19(13)9-14-15-10-16-18(14)2/h4-5,7-8,10H,3,6,9H2,1-2H3. The molecule has 0 amide bonds. The summed E-state index contributed by atoms with van der Waals surface area (Å²) in [6.07, 6.45) is 3.66. The Hall–Kier alpha value is -2.17. The summed E-state index contributed by atoms with van der Waals surface area (Å²) in [5, 5.41) is 4.12. The molecule has 2 aromatic heterocycles. The SMILES string of the molecule is CCCc1nc2ccccc2n1Cc1ncnn1C. The Labute approximate surface area is 111 Å². The Balaban J connectivity index is 2.09. The Morgan fingerprint density at radius 1 is 1.16 bits per heavy atom. The number of benzene rings is 1. The van der Waals surface area contributed by atoms with Crippen molar-refractivity contribution in [1.29, 1.82) is 0 Å². The molecule has 2 heterocycles. The van der Waals surface area contributed by atoms with E-state index in [4.69, 9.17) is 4.98 Å². The van der Waals surface area contributed by atoms with Gasteiger partial charge in [-0.15, -0.1) is 0 Å². The van der Waals surface area contributed by atoms with Gasteiger partial charge in [0.05, 0.1) is 17.6 Å². The van der Waals surface area contributed by atoms with Crippen molar-refractivity contribution in [1.82, 2.24) is 24.3 Å². The Kier molecular flexibility index (Phi) is 3.03. The molecule has 0 radical (unpaired) electrons. The number of fused-ring (bicyclic) bond motifs is 1. The number of aryl methyl sites for hydroxylation is 2. The van der Waals surface area contributed by atoms with E-state index >= 15 is 0 Å². The first-order valence-corrected chi connectivity index (χ1v) is 6.56. The van der Waals surface area contributed by atoms with E-state index < -0.39 is 0 Å². The van der Waals surface area contributed by atoms with Crippen LogP contribution in [-0.4, -0.2) is 24.3 Å². The molecule has 19 heavy (non-hydrogen) atoms. The fourth-order valence-corrected chi connectivity index (χ4v) is 2.32. The molecule has 3 rings (SSSR count). The average Bonchev–Trinajstić information content (AvgIpc) is 2.96. The van der Waals surface area contributed by atoms with E-state index in [1.807, 2.05) is 23.9 Å². The van der Waals surface area contributed by atoms with Gasteiger partial charge in [-0.1, -0.05) is 19.1 Å². The van der Waals surface area contributed by atoms with Crippen LogP contribution in [0, 0.1) is 0 Å². The minimum atomic E-state index is 0.715. The molecule has 0 bridgehead atoms. The van der Waals surface area contributed by atoms with Crippen LogP contribution in [-0.2, 0) is 20.0 Å². The van der Waals surface area contributed by atoms with Crippen LogP contribution in [0.1, 0.15) is 25.0 Å². The van der Waals surface area contributed by atoms with Crippen molar-refractivity contribution >= 4 is 11.0 Å². The van der Waals surface area contributed by atoms with Gasteiger partial charge in [0, 0.05) is 13.5 Å². The van der Waals surface area contributed by atoms with Crippen LogP contribution in [0.15, 0.2) is 30.6 Å². The average molecular weight is 255 g/mol. The number of nitrogens with zero attached hydrogens (tertiary/aromatic N) is 5. The highest BCUT2D eigenvalue weighted by molar-refractivity contribution is 5.76. The normalized spacial score (nSPS) is 11.3. The second kappa shape index (κ2) is 4.84. The van der Waals surface area contributed by atoms with Crippen molar-refractivity contribution in [2.45, 2.75) is 26.3 Å². The molecule has 1 aromatic carbocycles. The summed E-state index contributed by atoms with van der Waals surface area (Å²) < 4.78 is 4.05. The third-order valence-electron chi connectivity index (χ3n) is 3.31. The van der Waals surface area contributed by atoms with Crippen molar-refractivity contribution < 1.29 is 0 Å². The second-order valence-corrected chi connectivity index (χ2v) is 4.65. The van der Waals surface area contributed by atoms with Crippen molar-refractivity contribution in [2.75, 3.05) is 0 Å². The van der Waals surface area contributed by atoms with Crippen LogP contribution < -0.4 is 0 Å². The zero-order chi connectivity index (χ0) is 13.2. The van der Waals surface area contributed by atoms with Gasteiger partial charge in [0.2, 0.25) is 0 Å². The lowest BCUT2D eigenvalue weighted by Crippen LogP contribution is -2.10. The van der Waals surface area contributed by atoms with E-state index in [9.17, 15) is 0 Å². The van der Waals surface area contributed by atoms with E-state index in [0.717, 1.165) is 35.5 Å². The maximum atomic E-state index is 4.72. The highest BCUT2D eigenvalue weighted by atomic mass is 15.3. The van der Waals surface area contributed by atoms with E-state index in [2.05, 4.69) is 33.7 Å². The van der Waals surface area contributed by atoms with Crippen LogP contribution in [0.4, 0.5) is 0 Å². The molecule has 5 nitrogen and oxygen atoms in total. The molecule has 0 aliphatic carbocycles. The fraction of sp³-hybridized carbons (Fsp3) is 0.357. The van der Waals surface area contributed by atoms with Crippen molar-refractivity contribution in [3.8, 4) is 0 Å². The Morgan fingerprint density at radius 2 is 2.00 bits per heavy atom. The predicted molar refractivity (Wildman–Crippen MR) is 73.8 cm³/mol. The lowest BCUT2D eigenvalue weighted by Gasteiger charge is -2.07. The molecule has 3 aromatic rings. The highest BCUT2D eigenvalue weighted by Crippen LogP contribution is 2.18. The summed E-state index contributed by atoms with van der Waals surface area (Å²) in [5.41, 5.74) is 2.21. The summed E-state index contributed by atoms with van der Waals surface area (Å²) in [6, 6.07) is 8.24. The molecule has 0 fully saturated rings. The van der Waals surface area contributed by atoms with Crippen LogP contribution in [0.3, 0.4) is 0 Å². The molecule has 5 heteroatoms. The van der Waals surface area contributed by atoms with Crippen molar-refractivity contribution in [3.05, 3.63) is 42.2 Å². The number of hydrogen-bond donors (Lipinski definition) is 0. The van der Waals surface area contributed by atoms with Gasteiger partial charge < -0.3 is 4.57 Å². The lowest BCUT2D eigenvalue weighted by molar-refractivity contribution is 0.637. The topological polar surface area (TPSA) is 48.5 Å². The van der Waals surface area contributed by atoms with Gasteiger partial charge in [-0.05, 0) is 18.6 Å². The van der Waals surface area contributed by atoms with Gasteiger partial charge in [-0.25, -0.2) is 9.97 Å². The maximum absolute atomic E-state index is 4.72. The first-order valence-electron chi connectivity index (χ1n) is 6.56. The lowest BCUT2D eigenvalue weighted by atomic mass is 10.3. The van der Waals surface area contributed by atoms with Gasteiger partial charge in [-0.3, -0.25) is 4.68 Å². The number of aromatic nitrogens is 5. The molecule has 0 saturated heterocycles. The summed E-state index contributed by atoms with van der Waals surface area (Å²) in [6.45, 7) is 2.89. The maximum Gasteiger partial charge on any atom is 0.146 e. The van der Waals surface area contributed by atoms with Crippen LogP contribution in [0.25, 0.3) is 11.0 Å². The molecule has 0 aliphatic rings. The van der Waals surface area contributed by atoms with Gasteiger partial charge in [-0.2, -0.15) is 5.10 Å². The van der Waals surface area contributed by atoms with Crippen LogP contribution in [0.5, 0.6) is 0 Å². The third-order valence-corrected chi connectivity index (χ3v) is 3.31. The monoisotopic (exact) mass is 255 g/mol. The van der Waals surface area contributed by atoms with E-state index in [-0.39, 0.29) is 0 Å². The Morgan fingerprint density at radius 3 is 2.74 bits per heavy atom. The van der Waals surface area contributed by atoms with E-state index in [0.29, 0.717) is 6.54 Å².